The molecule has 0 spiro atoms. The van der Waals surface area contributed by atoms with Crippen molar-refractivity contribution in [3.05, 3.63) is 59.2 Å². The van der Waals surface area contributed by atoms with Gasteiger partial charge in [0.2, 0.25) is 10.0 Å². The molecule has 2 aromatic rings. The van der Waals surface area contributed by atoms with E-state index in [-0.39, 0.29) is 23.4 Å². The molecule has 180 valence electrons. The van der Waals surface area contributed by atoms with Crippen LogP contribution in [0.4, 0.5) is 14.5 Å². The fraction of sp³-hybridized carbons (Fsp3) is 0.435. The lowest BCUT2D eigenvalue weighted by Gasteiger charge is -2.30. The molecule has 2 aromatic carbocycles. The molecule has 0 saturated carbocycles. The molecule has 1 heterocycles. The predicted molar refractivity (Wildman–Crippen MR) is 122 cm³/mol. The summed E-state index contributed by atoms with van der Waals surface area (Å²) in [5.74, 6) is -1.81. The van der Waals surface area contributed by atoms with Crippen LogP contribution < -0.4 is 10.2 Å². The molecule has 0 atom stereocenters. The van der Waals surface area contributed by atoms with Crippen molar-refractivity contribution in [3.63, 3.8) is 0 Å². The van der Waals surface area contributed by atoms with Gasteiger partial charge >= 0.3 is 0 Å². The van der Waals surface area contributed by atoms with Gasteiger partial charge in [-0.3, -0.25) is 4.79 Å². The van der Waals surface area contributed by atoms with Crippen LogP contribution in [0.5, 0.6) is 0 Å². The van der Waals surface area contributed by atoms with Gasteiger partial charge < -0.3 is 15.0 Å². The van der Waals surface area contributed by atoms with Crippen molar-refractivity contribution in [2.24, 2.45) is 0 Å². The number of benzene rings is 2. The first-order valence-corrected chi connectivity index (χ1v) is 12.4. The lowest BCUT2D eigenvalue weighted by atomic mass is 10.1. The summed E-state index contributed by atoms with van der Waals surface area (Å²) >= 11 is 0. The molecule has 1 fully saturated rings. The number of halogens is 2. The quantitative estimate of drug-likeness (QED) is 0.596. The number of rotatable bonds is 9. The van der Waals surface area contributed by atoms with Crippen molar-refractivity contribution in [2.45, 2.75) is 25.2 Å². The topological polar surface area (TPSA) is 79.0 Å². The second kappa shape index (κ2) is 11.0. The zero-order valence-electron chi connectivity index (χ0n) is 18.8. The molecule has 0 aliphatic carbocycles. The Balaban J connectivity index is 1.86. The summed E-state index contributed by atoms with van der Waals surface area (Å²) in [5, 5.41) is 2.75. The molecular weight excluding hydrogens is 452 g/mol. The minimum atomic E-state index is -3.75. The molecule has 33 heavy (non-hydrogen) atoms. The van der Waals surface area contributed by atoms with Crippen LogP contribution >= 0.6 is 0 Å². The van der Waals surface area contributed by atoms with Crippen molar-refractivity contribution in [2.75, 3.05) is 50.8 Å². The van der Waals surface area contributed by atoms with Gasteiger partial charge in [0.1, 0.15) is 11.6 Å². The highest BCUT2D eigenvalue weighted by Gasteiger charge is 2.26. The standard InChI is InChI=1S/C23H29F2N3O4S/c1-3-28(4-2)33(30,31)20-5-6-22(27-9-11-32-12-10-27)21(16-20)23(29)26-8-7-17-13-18(24)15-19(25)14-17/h5-6,13-16H,3-4,7-12H2,1-2H3,(H,26,29). The van der Waals surface area contributed by atoms with E-state index in [0.717, 1.165) is 6.07 Å². The molecule has 3 rings (SSSR count). The van der Waals surface area contributed by atoms with Gasteiger partial charge in [0.15, 0.2) is 0 Å². The number of nitrogens with one attached hydrogen (secondary N) is 1. The number of carbonyl (C=O) groups excluding carboxylic acids is 1. The lowest BCUT2D eigenvalue weighted by Crippen LogP contribution is -2.38. The number of ether oxygens (including phenoxy) is 1. The van der Waals surface area contributed by atoms with Crippen LogP contribution in [0.3, 0.4) is 0 Å². The van der Waals surface area contributed by atoms with E-state index in [1.54, 1.807) is 19.9 Å². The molecule has 0 bridgehead atoms. The molecule has 1 aliphatic rings. The number of anilines is 1. The Morgan fingerprint density at radius 2 is 1.70 bits per heavy atom. The summed E-state index contributed by atoms with van der Waals surface area (Å²) < 4.78 is 59.6. The molecule has 10 heteroatoms. The maximum atomic E-state index is 13.4. The third-order valence-corrected chi connectivity index (χ3v) is 7.58. The molecular formula is C23H29F2N3O4S. The van der Waals surface area contributed by atoms with Gasteiger partial charge in [-0.25, -0.2) is 17.2 Å². The van der Waals surface area contributed by atoms with E-state index in [1.807, 2.05) is 4.90 Å². The van der Waals surface area contributed by atoms with Crippen molar-refractivity contribution in [3.8, 4) is 0 Å². The van der Waals surface area contributed by atoms with E-state index in [2.05, 4.69) is 5.32 Å². The molecule has 1 N–H and O–H groups in total. The maximum absolute atomic E-state index is 13.4. The van der Waals surface area contributed by atoms with Gasteiger partial charge in [-0.05, 0) is 42.3 Å². The van der Waals surface area contributed by atoms with Crippen LogP contribution in [0.15, 0.2) is 41.3 Å². The van der Waals surface area contributed by atoms with Crippen molar-refractivity contribution in [1.29, 1.82) is 0 Å². The summed E-state index contributed by atoms with van der Waals surface area (Å²) in [6, 6.07) is 7.79. The van der Waals surface area contributed by atoms with E-state index in [9.17, 15) is 22.0 Å². The van der Waals surface area contributed by atoms with Crippen molar-refractivity contribution >= 4 is 21.6 Å². The van der Waals surface area contributed by atoms with Gasteiger partial charge in [0.25, 0.3) is 5.91 Å². The predicted octanol–water partition coefficient (Wildman–Crippen LogP) is 2.80. The smallest absolute Gasteiger partial charge is 0.253 e. The molecule has 1 amide bonds. The highest BCUT2D eigenvalue weighted by atomic mass is 32.2. The first-order valence-electron chi connectivity index (χ1n) is 11.0. The third-order valence-electron chi connectivity index (χ3n) is 5.53. The number of hydrogen-bond acceptors (Lipinski definition) is 5. The number of morpholine rings is 1. The van der Waals surface area contributed by atoms with E-state index < -0.39 is 27.6 Å². The Labute approximate surface area is 193 Å². The second-order valence-electron chi connectivity index (χ2n) is 7.65. The van der Waals surface area contributed by atoms with Gasteiger partial charge in [-0.2, -0.15) is 4.31 Å². The van der Waals surface area contributed by atoms with E-state index in [4.69, 9.17) is 4.74 Å². The summed E-state index contributed by atoms with van der Waals surface area (Å²) in [6.07, 6.45) is 0.227. The summed E-state index contributed by atoms with van der Waals surface area (Å²) in [7, 11) is -3.75. The number of sulfonamides is 1. The second-order valence-corrected chi connectivity index (χ2v) is 9.59. The number of amides is 1. The van der Waals surface area contributed by atoms with Gasteiger partial charge in [-0.1, -0.05) is 13.8 Å². The van der Waals surface area contributed by atoms with E-state index >= 15 is 0 Å². The van der Waals surface area contributed by atoms with Crippen LogP contribution in [0.25, 0.3) is 0 Å². The summed E-state index contributed by atoms with van der Waals surface area (Å²) in [4.78, 5) is 15.1. The van der Waals surface area contributed by atoms with Gasteiger partial charge in [0.05, 0.1) is 23.7 Å². The summed E-state index contributed by atoms with van der Waals surface area (Å²) in [6.45, 7) is 6.44. The highest BCUT2D eigenvalue weighted by molar-refractivity contribution is 7.89. The third kappa shape index (κ3) is 6.07. The maximum Gasteiger partial charge on any atom is 0.253 e. The Kier molecular flexibility index (Phi) is 8.39. The Bertz CT molecular complexity index is 1060. The summed E-state index contributed by atoms with van der Waals surface area (Å²) in [5.41, 5.74) is 1.26. The minimum Gasteiger partial charge on any atom is -0.378 e. The zero-order valence-corrected chi connectivity index (χ0v) is 19.6. The van der Waals surface area contributed by atoms with Gasteiger partial charge in [-0.15, -0.1) is 0 Å². The molecule has 7 nitrogen and oxygen atoms in total. The number of nitrogens with zero attached hydrogens (tertiary/aromatic N) is 2. The average molecular weight is 482 g/mol. The van der Waals surface area contributed by atoms with Crippen LogP contribution in [0.2, 0.25) is 0 Å². The molecule has 0 radical (unpaired) electrons. The Morgan fingerprint density at radius 1 is 1.06 bits per heavy atom. The highest BCUT2D eigenvalue weighted by Crippen LogP contribution is 2.27. The van der Waals surface area contributed by atoms with Crippen LogP contribution in [0, 0.1) is 11.6 Å². The first kappa shape index (κ1) is 25.1. The van der Waals surface area contributed by atoms with Crippen molar-refractivity contribution in [1.82, 2.24) is 9.62 Å². The van der Waals surface area contributed by atoms with Crippen LogP contribution in [-0.4, -0.2) is 64.6 Å². The van der Waals surface area contributed by atoms with Crippen LogP contribution in [0.1, 0.15) is 29.8 Å². The van der Waals surface area contributed by atoms with E-state index in [1.165, 1.54) is 28.6 Å². The van der Waals surface area contributed by atoms with E-state index in [0.29, 0.717) is 50.6 Å². The lowest BCUT2D eigenvalue weighted by molar-refractivity contribution is 0.0952. The Hall–Kier alpha value is -2.56. The van der Waals surface area contributed by atoms with Crippen molar-refractivity contribution < 1.29 is 26.7 Å². The molecule has 0 aromatic heterocycles. The normalized spacial score (nSPS) is 14.5. The largest absolute Gasteiger partial charge is 0.378 e. The fourth-order valence-corrected chi connectivity index (χ4v) is 5.31. The molecule has 1 aliphatic heterocycles. The number of hydrogen-bond donors (Lipinski definition) is 1. The molecule has 0 unspecified atom stereocenters. The minimum absolute atomic E-state index is 0.0422. The first-order chi connectivity index (χ1) is 15.8. The fourth-order valence-electron chi connectivity index (χ4n) is 3.82. The number of carbonyl (C=O) groups is 1. The zero-order chi connectivity index (χ0) is 24.0. The van der Waals surface area contributed by atoms with Crippen LogP contribution in [-0.2, 0) is 21.2 Å². The van der Waals surface area contributed by atoms with Gasteiger partial charge in [0, 0.05) is 44.5 Å². The molecule has 1 saturated heterocycles. The SMILES string of the molecule is CCN(CC)S(=O)(=O)c1ccc(N2CCOCC2)c(C(=O)NCCc2cc(F)cc(F)c2)c1. The monoisotopic (exact) mass is 481 g/mol. The Morgan fingerprint density at radius 3 is 2.30 bits per heavy atom. The average Bonchev–Trinajstić information content (AvgIpc) is 2.79.